The van der Waals surface area contributed by atoms with Gasteiger partial charge in [-0.15, -0.1) is 0 Å². The van der Waals surface area contributed by atoms with E-state index in [2.05, 4.69) is 15.5 Å². The number of amides is 1. The molecule has 1 amide bonds. The summed E-state index contributed by atoms with van der Waals surface area (Å²) in [5.41, 5.74) is 7.08. The number of aliphatic hydroxyl groups excluding tert-OH is 4. The van der Waals surface area contributed by atoms with Gasteiger partial charge in [0.1, 0.15) is 42.0 Å². The van der Waals surface area contributed by atoms with E-state index in [-0.39, 0.29) is 17.5 Å². The molecule has 2 aromatic carbocycles. The zero-order valence-corrected chi connectivity index (χ0v) is 22.7. The lowest BCUT2D eigenvalue weighted by Crippen LogP contribution is -2.60. The number of para-hydroxylation sites is 1. The van der Waals surface area contributed by atoms with Gasteiger partial charge in [0.05, 0.1) is 19.8 Å². The number of nitrogens with zero attached hydrogens (tertiary/aromatic N) is 1. The number of hydrogen-bond donors (Lipinski definition) is 8. The number of nitrogens with two attached hydrogens (primary N) is 1. The van der Waals surface area contributed by atoms with Gasteiger partial charge in [-0.25, -0.2) is 0 Å². The van der Waals surface area contributed by atoms with Crippen molar-refractivity contribution in [1.82, 2.24) is 10.2 Å². The molecule has 0 bridgehead atoms. The van der Waals surface area contributed by atoms with Crippen LogP contribution in [-0.2, 0) is 14.3 Å². The molecule has 41 heavy (non-hydrogen) atoms. The topological polar surface area (TPSA) is 203 Å². The molecule has 9 N–H and O–H groups in total. The smallest absolute Gasteiger partial charge is 0.247 e. The number of anilines is 1. The van der Waals surface area contributed by atoms with Gasteiger partial charge in [-0.3, -0.25) is 15.1 Å². The first-order valence-electron chi connectivity index (χ1n) is 13.6. The van der Waals surface area contributed by atoms with Crippen molar-refractivity contribution in [1.29, 1.82) is 5.41 Å². The molecule has 2 aromatic rings. The van der Waals surface area contributed by atoms with E-state index in [1.54, 1.807) is 48.5 Å². The maximum absolute atomic E-state index is 13.6. The molecule has 4 rings (SSSR count). The molecule has 0 aliphatic carbocycles. The fraction of sp³-hybridized carbons (Fsp3) is 0.500. The minimum absolute atomic E-state index is 0.121. The fourth-order valence-electron chi connectivity index (χ4n) is 4.79. The average Bonchev–Trinajstić information content (AvgIpc) is 2.99. The summed E-state index contributed by atoms with van der Waals surface area (Å²) >= 11 is 0. The van der Waals surface area contributed by atoms with Crippen LogP contribution in [0.4, 0.5) is 5.69 Å². The second-order valence-corrected chi connectivity index (χ2v) is 10.0. The lowest BCUT2D eigenvalue weighted by molar-refractivity contribution is -0.277. The van der Waals surface area contributed by atoms with E-state index in [1.165, 1.54) is 0 Å². The van der Waals surface area contributed by atoms with E-state index in [0.717, 1.165) is 26.1 Å². The van der Waals surface area contributed by atoms with Gasteiger partial charge in [0, 0.05) is 36.4 Å². The number of benzene rings is 2. The van der Waals surface area contributed by atoms with Gasteiger partial charge in [-0.05, 0) is 31.2 Å². The van der Waals surface area contributed by atoms with E-state index >= 15 is 0 Å². The van der Waals surface area contributed by atoms with E-state index < -0.39 is 43.4 Å². The second-order valence-electron chi connectivity index (χ2n) is 10.0. The van der Waals surface area contributed by atoms with Crippen LogP contribution < -0.4 is 21.1 Å². The molecule has 0 radical (unpaired) electrons. The third-order valence-corrected chi connectivity index (χ3v) is 7.12. The number of rotatable bonds is 12. The van der Waals surface area contributed by atoms with Gasteiger partial charge in [0.15, 0.2) is 0 Å². The van der Waals surface area contributed by atoms with Gasteiger partial charge >= 0.3 is 0 Å². The first kappa shape index (κ1) is 30.7. The van der Waals surface area contributed by atoms with E-state index in [9.17, 15) is 25.2 Å². The molecular weight excluding hydrogens is 534 g/mol. The number of hydrogen-bond acceptors (Lipinski definition) is 11. The highest BCUT2D eigenvalue weighted by Crippen LogP contribution is 2.32. The summed E-state index contributed by atoms with van der Waals surface area (Å²) in [6.07, 6.45) is -6.60. The normalized spacial score (nSPS) is 25.7. The van der Waals surface area contributed by atoms with Crippen molar-refractivity contribution in [3.05, 3.63) is 59.7 Å². The fourth-order valence-corrected chi connectivity index (χ4v) is 4.79. The lowest BCUT2D eigenvalue weighted by atomic mass is 9.99. The molecule has 6 atom stereocenters. The molecule has 2 aliphatic heterocycles. The van der Waals surface area contributed by atoms with Gasteiger partial charge in [-0.2, -0.15) is 0 Å². The van der Waals surface area contributed by atoms with Gasteiger partial charge in [0.2, 0.25) is 12.2 Å². The third-order valence-electron chi connectivity index (χ3n) is 7.12. The number of carbonyl (C=O) groups is 1. The maximum atomic E-state index is 13.6. The van der Waals surface area contributed by atoms with Crippen molar-refractivity contribution in [2.75, 3.05) is 51.3 Å². The number of aliphatic hydroxyl groups is 4. The molecule has 6 unspecified atom stereocenters. The van der Waals surface area contributed by atoms with Crippen LogP contribution in [0.2, 0.25) is 0 Å². The Labute approximate surface area is 238 Å². The molecule has 2 saturated heterocycles. The first-order valence-corrected chi connectivity index (χ1v) is 13.6. The summed E-state index contributed by atoms with van der Waals surface area (Å²) in [5.74, 6) is -0.283. The quantitative estimate of drug-likeness (QED) is 0.0892. The Morgan fingerprint density at radius 2 is 1.85 bits per heavy atom. The summed E-state index contributed by atoms with van der Waals surface area (Å²) in [6.45, 7) is 3.75. The number of carbonyl (C=O) groups excluding carboxylic acids is 1. The van der Waals surface area contributed by atoms with Crippen molar-refractivity contribution >= 4 is 17.4 Å². The van der Waals surface area contributed by atoms with E-state index in [1.807, 2.05) is 0 Å². The van der Waals surface area contributed by atoms with Crippen molar-refractivity contribution in [2.45, 2.75) is 43.2 Å². The molecule has 2 fully saturated rings. The highest BCUT2D eigenvalue weighted by atomic mass is 16.7. The summed E-state index contributed by atoms with van der Waals surface area (Å²) in [5, 5.41) is 54.3. The summed E-state index contributed by atoms with van der Waals surface area (Å²) < 4.78 is 16.8. The van der Waals surface area contributed by atoms with Crippen molar-refractivity contribution < 1.29 is 39.4 Å². The minimum Gasteiger partial charge on any atom is -0.462 e. The van der Waals surface area contributed by atoms with E-state index in [0.29, 0.717) is 36.6 Å². The monoisotopic (exact) mass is 573 g/mol. The Morgan fingerprint density at radius 1 is 1.10 bits per heavy atom. The molecule has 0 spiro atoms. The predicted octanol–water partition coefficient (Wildman–Crippen LogP) is -0.859. The number of ether oxygens (including phenoxy) is 3. The summed E-state index contributed by atoms with van der Waals surface area (Å²) in [7, 11) is 0. The van der Waals surface area contributed by atoms with Crippen LogP contribution in [0.25, 0.3) is 0 Å². The third kappa shape index (κ3) is 7.92. The van der Waals surface area contributed by atoms with Crippen LogP contribution in [-0.4, -0.2) is 114 Å². The highest BCUT2D eigenvalue weighted by molar-refractivity contribution is 5.96. The Balaban J connectivity index is 1.54. The molecule has 13 nitrogen and oxygen atoms in total. The standard InChI is InChI=1S/C28H39N5O8/c29-26(30)17-5-3-6-18(15-17)32-22(27(38)31-9-4-10-33-11-13-39-14-12-33)19-7-1-2-8-20(19)40-28-25(37)24(36)23(35)21(16-34)41-28/h1-3,5-8,15,21-25,28,32,34-37H,4,9-14,16H2,(H3,29,30)(H,31,38). The van der Waals surface area contributed by atoms with Gasteiger partial charge in [0.25, 0.3) is 0 Å². The Morgan fingerprint density at radius 3 is 2.59 bits per heavy atom. The molecule has 2 heterocycles. The molecule has 0 saturated carbocycles. The van der Waals surface area contributed by atoms with Crippen molar-refractivity contribution in [2.24, 2.45) is 5.73 Å². The Kier molecular flexibility index (Phi) is 10.9. The van der Waals surface area contributed by atoms with E-state index in [4.69, 9.17) is 25.4 Å². The molecular formula is C28H39N5O8. The van der Waals surface area contributed by atoms with Crippen molar-refractivity contribution in [3.63, 3.8) is 0 Å². The number of morpholine rings is 1. The second kappa shape index (κ2) is 14.5. The Bertz CT molecular complexity index is 1160. The number of nitrogens with one attached hydrogen (secondary N) is 3. The zero-order valence-electron chi connectivity index (χ0n) is 22.7. The molecule has 13 heteroatoms. The number of nitrogen functional groups attached to an aromatic ring is 1. The maximum Gasteiger partial charge on any atom is 0.247 e. The predicted molar refractivity (Wildman–Crippen MR) is 150 cm³/mol. The zero-order chi connectivity index (χ0) is 29.4. The van der Waals surface area contributed by atoms with Crippen LogP contribution in [0.1, 0.15) is 23.6 Å². The lowest BCUT2D eigenvalue weighted by Gasteiger charge is -2.40. The van der Waals surface area contributed by atoms with Crippen LogP contribution in [0.15, 0.2) is 48.5 Å². The van der Waals surface area contributed by atoms with Crippen LogP contribution in [0, 0.1) is 5.41 Å². The molecule has 0 aromatic heterocycles. The summed E-state index contributed by atoms with van der Waals surface area (Å²) in [6, 6.07) is 12.5. The van der Waals surface area contributed by atoms with Crippen LogP contribution in [0.5, 0.6) is 5.75 Å². The number of amidine groups is 1. The van der Waals surface area contributed by atoms with Crippen LogP contribution >= 0.6 is 0 Å². The van der Waals surface area contributed by atoms with Crippen molar-refractivity contribution in [3.8, 4) is 5.75 Å². The molecule has 2 aliphatic rings. The van der Waals surface area contributed by atoms with Gasteiger partial charge < -0.3 is 51.0 Å². The largest absolute Gasteiger partial charge is 0.462 e. The minimum atomic E-state index is -1.62. The highest BCUT2D eigenvalue weighted by Gasteiger charge is 2.45. The Hall–Kier alpha value is -3.30. The molecule has 224 valence electrons. The van der Waals surface area contributed by atoms with Gasteiger partial charge in [-0.1, -0.05) is 30.3 Å². The van der Waals surface area contributed by atoms with Crippen LogP contribution in [0.3, 0.4) is 0 Å². The average molecular weight is 574 g/mol. The summed E-state index contributed by atoms with van der Waals surface area (Å²) in [4.78, 5) is 15.9. The SMILES string of the molecule is N=C(N)c1cccc(NC(C(=O)NCCCN2CCOCC2)c2ccccc2OC2OC(CO)C(O)C(O)C2O)c1. The first-order chi connectivity index (χ1) is 19.8.